The number of nitrogens with zero attached hydrogens (tertiary/aromatic N) is 1. The third-order valence-corrected chi connectivity index (χ3v) is 3.49. The maximum absolute atomic E-state index is 12.1. The van der Waals surface area contributed by atoms with Crippen molar-refractivity contribution in [3.05, 3.63) is 0 Å². The normalized spacial score (nSPS) is 24.3. The fourth-order valence-electron chi connectivity index (χ4n) is 2.45. The average molecular weight is 270 g/mol. The third kappa shape index (κ3) is 3.66. The Labute approximate surface area is 110 Å². The molecule has 0 saturated carbocycles. The van der Waals surface area contributed by atoms with Gasteiger partial charge in [-0.15, -0.1) is 0 Å². The number of hydrogen-bond donors (Lipinski definition) is 2. The minimum Gasteiger partial charge on any atom is -0.480 e. The summed E-state index contributed by atoms with van der Waals surface area (Å²) in [6.45, 7) is 0.808. The number of carboxylic acid groups (broad SMARTS) is 1. The molecule has 2 aliphatic rings. The zero-order valence-electron chi connectivity index (χ0n) is 10.6. The van der Waals surface area contributed by atoms with Crippen molar-refractivity contribution >= 4 is 17.8 Å². The van der Waals surface area contributed by atoms with Crippen LogP contribution in [0.1, 0.15) is 25.7 Å². The van der Waals surface area contributed by atoms with Gasteiger partial charge in [0.1, 0.15) is 12.6 Å². The van der Waals surface area contributed by atoms with Gasteiger partial charge in [-0.3, -0.25) is 9.59 Å². The summed E-state index contributed by atoms with van der Waals surface area (Å²) in [6, 6.07) is -0.385. The molecule has 2 aliphatic heterocycles. The first kappa shape index (κ1) is 13.8. The third-order valence-electron chi connectivity index (χ3n) is 3.49. The number of aliphatic carboxylic acids is 1. The second-order valence-corrected chi connectivity index (χ2v) is 4.89. The molecule has 2 rings (SSSR count). The van der Waals surface area contributed by atoms with Crippen LogP contribution in [0, 0.1) is 0 Å². The largest absolute Gasteiger partial charge is 0.480 e. The topological polar surface area (TPSA) is 95.9 Å². The average Bonchev–Trinajstić information content (AvgIpc) is 2.83. The Hall–Kier alpha value is -1.63. The Bertz CT molecular complexity index is 376. The van der Waals surface area contributed by atoms with Gasteiger partial charge in [0.2, 0.25) is 11.8 Å². The van der Waals surface area contributed by atoms with Gasteiger partial charge in [-0.2, -0.15) is 0 Å². The molecule has 0 bridgehead atoms. The monoisotopic (exact) mass is 270 g/mol. The number of carbonyl (C=O) groups is 3. The fraction of sp³-hybridized carbons (Fsp3) is 0.750. The van der Waals surface area contributed by atoms with E-state index in [-0.39, 0.29) is 30.6 Å². The van der Waals surface area contributed by atoms with Crippen molar-refractivity contribution in [2.45, 2.75) is 37.8 Å². The van der Waals surface area contributed by atoms with E-state index in [4.69, 9.17) is 9.84 Å². The fourth-order valence-corrected chi connectivity index (χ4v) is 2.45. The molecular formula is C12H18N2O5. The van der Waals surface area contributed by atoms with E-state index in [1.165, 1.54) is 0 Å². The second kappa shape index (κ2) is 6.01. The second-order valence-electron chi connectivity index (χ2n) is 4.89. The number of piperidine rings is 1. The van der Waals surface area contributed by atoms with Gasteiger partial charge in [-0.05, 0) is 19.3 Å². The lowest BCUT2D eigenvalue weighted by Crippen LogP contribution is -2.48. The molecular weight excluding hydrogens is 252 g/mol. The van der Waals surface area contributed by atoms with Crippen LogP contribution in [0.4, 0.5) is 0 Å². The number of amides is 2. The molecule has 1 atom stereocenters. The van der Waals surface area contributed by atoms with Gasteiger partial charge in [0.25, 0.3) is 0 Å². The summed E-state index contributed by atoms with van der Waals surface area (Å²) in [5, 5.41) is 11.2. The van der Waals surface area contributed by atoms with E-state index in [0.717, 1.165) is 0 Å². The Morgan fingerprint density at radius 3 is 2.53 bits per heavy atom. The van der Waals surface area contributed by atoms with Crippen LogP contribution < -0.4 is 5.32 Å². The van der Waals surface area contributed by atoms with Gasteiger partial charge in [0.15, 0.2) is 0 Å². The molecule has 0 aliphatic carbocycles. The molecule has 0 aromatic carbocycles. The molecule has 2 amide bonds. The Balaban J connectivity index is 1.75. The number of rotatable bonds is 4. The quantitative estimate of drug-likeness (QED) is 0.708. The molecule has 2 heterocycles. The van der Waals surface area contributed by atoms with Crippen LogP contribution in [0.5, 0.6) is 0 Å². The zero-order chi connectivity index (χ0) is 13.8. The standard InChI is InChI=1S/C12H18N2O5/c15-10-2-1-9(13-10)12(18)14-5-3-8(4-6-14)19-7-11(16)17/h8-9H,1-7H2,(H,13,15)(H,16,17). The molecule has 0 radical (unpaired) electrons. The van der Waals surface area contributed by atoms with Gasteiger partial charge >= 0.3 is 5.97 Å². The molecule has 1 unspecified atom stereocenters. The number of hydrogen-bond acceptors (Lipinski definition) is 4. The van der Waals surface area contributed by atoms with Crippen LogP contribution in [-0.2, 0) is 19.1 Å². The van der Waals surface area contributed by atoms with E-state index in [2.05, 4.69) is 5.32 Å². The zero-order valence-corrected chi connectivity index (χ0v) is 10.6. The first-order chi connectivity index (χ1) is 9.06. The highest BCUT2D eigenvalue weighted by molar-refractivity contribution is 5.90. The summed E-state index contributed by atoms with van der Waals surface area (Å²) in [5.74, 6) is -1.09. The molecule has 2 fully saturated rings. The molecule has 0 spiro atoms. The summed E-state index contributed by atoms with van der Waals surface area (Å²) in [6.07, 6.45) is 2.15. The maximum Gasteiger partial charge on any atom is 0.329 e. The van der Waals surface area contributed by atoms with Crippen molar-refractivity contribution in [2.75, 3.05) is 19.7 Å². The molecule has 2 saturated heterocycles. The van der Waals surface area contributed by atoms with Crippen LogP contribution >= 0.6 is 0 Å². The predicted molar refractivity (Wildman–Crippen MR) is 64.4 cm³/mol. The summed E-state index contributed by atoms with van der Waals surface area (Å²) >= 11 is 0. The van der Waals surface area contributed by atoms with Crippen LogP contribution in [0.3, 0.4) is 0 Å². The van der Waals surface area contributed by atoms with Crippen LogP contribution in [-0.4, -0.2) is 59.6 Å². The maximum atomic E-state index is 12.1. The van der Waals surface area contributed by atoms with Crippen molar-refractivity contribution in [3.8, 4) is 0 Å². The minimum absolute atomic E-state index is 0.0393. The molecule has 0 aromatic heterocycles. The van der Waals surface area contributed by atoms with Crippen molar-refractivity contribution in [1.29, 1.82) is 0 Å². The molecule has 106 valence electrons. The van der Waals surface area contributed by atoms with E-state index < -0.39 is 5.97 Å². The summed E-state index contributed by atoms with van der Waals surface area (Å²) < 4.78 is 5.21. The highest BCUT2D eigenvalue weighted by Gasteiger charge is 2.32. The number of nitrogens with one attached hydrogen (secondary N) is 1. The summed E-state index contributed by atoms with van der Waals surface area (Å²) in [5.41, 5.74) is 0. The lowest BCUT2D eigenvalue weighted by Gasteiger charge is -2.33. The van der Waals surface area contributed by atoms with Gasteiger partial charge in [0, 0.05) is 19.5 Å². The van der Waals surface area contributed by atoms with Crippen LogP contribution in [0.25, 0.3) is 0 Å². The highest BCUT2D eigenvalue weighted by atomic mass is 16.5. The van der Waals surface area contributed by atoms with Crippen LogP contribution in [0.2, 0.25) is 0 Å². The molecule has 7 heteroatoms. The highest BCUT2D eigenvalue weighted by Crippen LogP contribution is 2.17. The molecule has 19 heavy (non-hydrogen) atoms. The van der Waals surface area contributed by atoms with Crippen molar-refractivity contribution in [2.24, 2.45) is 0 Å². The molecule has 7 nitrogen and oxygen atoms in total. The van der Waals surface area contributed by atoms with Gasteiger partial charge < -0.3 is 20.1 Å². The van der Waals surface area contributed by atoms with Gasteiger partial charge in [0.05, 0.1) is 6.10 Å². The Morgan fingerprint density at radius 2 is 2.00 bits per heavy atom. The van der Waals surface area contributed by atoms with E-state index in [0.29, 0.717) is 38.8 Å². The smallest absolute Gasteiger partial charge is 0.329 e. The first-order valence-electron chi connectivity index (χ1n) is 6.48. The number of carboxylic acids is 1. The van der Waals surface area contributed by atoms with E-state index in [1.807, 2.05) is 0 Å². The van der Waals surface area contributed by atoms with Crippen molar-refractivity contribution < 1.29 is 24.2 Å². The lowest BCUT2D eigenvalue weighted by molar-refractivity contribution is -0.147. The summed E-state index contributed by atoms with van der Waals surface area (Å²) in [4.78, 5) is 35.3. The lowest BCUT2D eigenvalue weighted by atomic mass is 10.1. The predicted octanol–water partition coefficient (Wildman–Crippen LogP) is -0.643. The summed E-state index contributed by atoms with van der Waals surface area (Å²) in [7, 11) is 0. The van der Waals surface area contributed by atoms with Gasteiger partial charge in [-0.25, -0.2) is 4.79 Å². The Morgan fingerprint density at radius 1 is 1.32 bits per heavy atom. The molecule has 2 N–H and O–H groups in total. The van der Waals surface area contributed by atoms with E-state index in [1.54, 1.807) is 4.90 Å². The van der Waals surface area contributed by atoms with Crippen LogP contribution in [0.15, 0.2) is 0 Å². The number of ether oxygens (including phenoxy) is 1. The first-order valence-corrected chi connectivity index (χ1v) is 6.48. The number of likely N-dealkylation sites (tertiary alicyclic amines) is 1. The van der Waals surface area contributed by atoms with Crippen molar-refractivity contribution in [3.63, 3.8) is 0 Å². The SMILES string of the molecule is O=C(O)COC1CCN(C(=O)C2CCC(=O)N2)CC1. The van der Waals surface area contributed by atoms with Crippen molar-refractivity contribution in [1.82, 2.24) is 10.2 Å². The van der Waals surface area contributed by atoms with Gasteiger partial charge in [-0.1, -0.05) is 0 Å². The minimum atomic E-state index is -0.979. The van der Waals surface area contributed by atoms with E-state index in [9.17, 15) is 14.4 Å². The molecule has 0 aromatic rings. The number of carbonyl (C=O) groups excluding carboxylic acids is 2. The Kier molecular flexibility index (Phi) is 4.36. The van der Waals surface area contributed by atoms with E-state index >= 15 is 0 Å².